The number of nitrogens with zero attached hydrogens (tertiary/aromatic N) is 5. The average Bonchev–Trinajstić information content (AvgIpc) is 3.32. The Morgan fingerprint density at radius 2 is 1.69 bits per heavy atom. The maximum absolute atomic E-state index is 13.3. The lowest BCUT2D eigenvalue weighted by atomic mass is 10.1. The standard InChI is InChI=1S/C25H29N5O3S.2ClH/c1-19-27-23(18-34-19)30(25(32)21-3-5-22(33-2)6-4-21)17-24(31)29-15-13-28(14-16-29)12-9-20-7-10-26-11-8-20;;/h3-8,10-11,18H,9,12-17H2,1-2H3;2*1H. The van der Waals surface area contributed by atoms with Crippen LogP contribution in [-0.4, -0.2) is 78.0 Å². The number of thiazole rings is 1. The molecule has 0 aliphatic carbocycles. The summed E-state index contributed by atoms with van der Waals surface area (Å²) >= 11 is 1.46. The van der Waals surface area contributed by atoms with E-state index < -0.39 is 0 Å². The molecule has 1 fully saturated rings. The van der Waals surface area contributed by atoms with Gasteiger partial charge < -0.3 is 9.64 Å². The molecular formula is C25H31Cl2N5O3S. The number of hydrogen-bond acceptors (Lipinski definition) is 7. The van der Waals surface area contributed by atoms with E-state index in [2.05, 4.69) is 14.9 Å². The minimum Gasteiger partial charge on any atom is -0.497 e. The van der Waals surface area contributed by atoms with Gasteiger partial charge in [0.2, 0.25) is 5.91 Å². The molecule has 194 valence electrons. The Balaban J connectivity index is 0.00000228. The second-order valence-corrected chi connectivity index (χ2v) is 9.23. The van der Waals surface area contributed by atoms with Crippen LogP contribution in [0.25, 0.3) is 0 Å². The summed E-state index contributed by atoms with van der Waals surface area (Å²) in [6.07, 6.45) is 4.59. The zero-order chi connectivity index (χ0) is 23.9. The molecule has 3 heterocycles. The molecule has 11 heteroatoms. The Kier molecular flexibility index (Phi) is 11.6. The Hall–Kier alpha value is -2.72. The van der Waals surface area contributed by atoms with Gasteiger partial charge in [-0.25, -0.2) is 4.98 Å². The molecule has 0 unspecified atom stereocenters. The number of hydrogen-bond donors (Lipinski definition) is 0. The van der Waals surface area contributed by atoms with Gasteiger partial charge in [0.1, 0.15) is 18.1 Å². The third kappa shape index (κ3) is 7.64. The quantitative estimate of drug-likeness (QED) is 0.424. The van der Waals surface area contributed by atoms with Gasteiger partial charge >= 0.3 is 0 Å². The highest BCUT2D eigenvalue weighted by Gasteiger charge is 2.27. The first-order valence-corrected chi connectivity index (χ1v) is 12.2. The van der Waals surface area contributed by atoms with Crippen LogP contribution in [-0.2, 0) is 11.2 Å². The number of aryl methyl sites for hydroxylation is 1. The van der Waals surface area contributed by atoms with E-state index in [0.29, 0.717) is 30.2 Å². The van der Waals surface area contributed by atoms with E-state index in [1.54, 1.807) is 31.4 Å². The first-order chi connectivity index (χ1) is 16.5. The lowest BCUT2D eigenvalue weighted by Gasteiger charge is -2.35. The predicted molar refractivity (Wildman–Crippen MR) is 147 cm³/mol. The SMILES string of the molecule is COc1ccc(C(=O)N(CC(=O)N2CCN(CCc3ccncc3)CC2)c2csc(C)n2)cc1.Cl.Cl. The number of aromatic nitrogens is 2. The van der Waals surface area contributed by atoms with Crippen LogP contribution in [0.1, 0.15) is 20.9 Å². The highest BCUT2D eigenvalue weighted by atomic mass is 35.5. The van der Waals surface area contributed by atoms with Gasteiger partial charge in [-0.05, 0) is 55.3 Å². The molecule has 0 saturated carbocycles. The van der Waals surface area contributed by atoms with Crippen molar-refractivity contribution in [2.24, 2.45) is 0 Å². The number of carbonyl (C=O) groups is 2. The van der Waals surface area contributed by atoms with Crippen LogP contribution in [0.3, 0.4) is 0 Å². The first-order valence-electron chi connectivity index (χ1n) is 11.3. The molecule has 0 atom stereocenters. The van der Waals surface area contributed by atoms with E-state index in [0.717, 1.165) is 31.1 Å². The normalized spacial score (nSPS) is 13.3. The number of pyridine rings is 1. The predicted octanol–water partition coefficient (Wildman–Crippen LogP) is 3.73. The largest absolute Gasteiger partial charge is 0.497 e. The number of benzene rings is 1. The number of methoxy groups -OCH3 is 1. The molecule has 1 aromatic carbocycles. The van der Waals surface area contributed by atoms with Crippen molar-refractivity contribution in [2.75, 3.05) is 51.3 Å². The molecule has 0 spiro atoms. The summed E-state index contributed by atoms with van der Waals surface area (Å²) in [5, 5.41) is 2.67. The summed E-state index contributed by atoms with van der Waals surface area (Å²) in [6, 6.07) is 11.0. The summed E-state index contributed by atoms with van der Waals surface area (Å²) < 4.78 is 5.19. The fraction of sp³-hybridized carbons (Fsp3) is 0.360. The van der Waals surface area contributed by atoms with Crippen LogP contribution in [0.5, 0.6) is 5.75 Å². The number of carbonyl (C=O) groups excluding carboxylic acids is 2. The molecule has 0 bridgehead atoms. The summed E-state index contributed by atoms with van der Waals surface area (Å²) in [6.45, 7) is 5.73. The van der Waals surface area contributed by atoms with Gasteiger partial charge in [-0.15, -0.1) is 36.2 Å². The third-order valence-corrected chi connectivity index (χ3v) is 6.71. The monoisotopic (exact) mass is 551 g/mol. The molecule has 0 N–H and O–H groups in total. The van der Waals surface area contributed by atoms with Gasteiger partial charge in [0.05, 0.1) is 12.1 Å². The van der Waals surface area contributed by atoms with E-state index >= 15 is 0 Å². The summed E-state index contributed by atoms with van der Waals surface area (Å²) in [4.78, 5) is 40.7. The topological polar surface area (TPSA) is 78.9 Å². The van der Waals surface area contributed by atoms with Crippen LogP contribution in [0.2, 0.25) is 0 Å². The van der Waals surface area contributed by atoms with Crippen LogP contribution < -0.4 is 9.64 Å². The molecular weight excluding hydrogens is 521 g/mol. The van der Waals surface area contributed by atoms with Crippen LogP contribution >= 0.6 is 36.2 Å². The molecule has 3 aromatic rings. The fourth-order valence-electron chi connectivity index (χ4n) is 3.92. The minimum absolute atomic E-state index is 0. The Bertz CT molecular complexity index is 1110. The van der Waals surface area contributed by atoms with Crippen LogP contribution in [0, 0.1) is 6.92 Å². The Labute approximate surface area is 228 Å². The van der Waals surface area contributed by atoms with Gasteiger partial charge in [0.25, 0.3) is 5.91 Å². The van der Waals surface area contributed by atoms with Gasteiger partial charge in [-0.1, -0.05) is 0 Å². The highest BCUT2D eigenvalue weighted by Crippen LogP contribution is 2.22. The number of anilines is 1. The molecule has 2 amide bonds. The van der Waals surface area contributed by atoms with Crippen molar-refractivity contribution in [2.45, 2.75) is 13.3 Å². The number of piperazine rings is 1. The molecule has 8 nitrogen and oxygen atoms in total. The molecule has 4 rings (SSSR count). The van der Waals surface area contributed by atoms with Crippen molar-refractivity contribution in [1.82, 2.24) is 19.8 Å². The lowest BCUT2D eigenvalue weighted by molar-refractivity contribution is -0.131. The first kappa shape index (κ1) is 29.5. The molecule has 0 radical (unpaired) electrons. The van der Waals surface area contributed by atoms with Crippen molar-refractivity contribution < 1.29 is 14.3 Å². The maximum Gasteiger partial charge on any atom is 0.259 e. The van der Waals surface area contributed by atoms with E-state index in [1.165, 1.54) is 21.8 Å². The lowest BCUT2D eigenvalue weighted by Crippen LogP contribution is -2.52. The van der Waals surface area contributed by atoms with Crippen molar-refractivity contribution in [1.29, 1.82) is 0 Å². The number of halogens is 2. The van der Waals surface area contributed by atoms with Gasteiger partial charge in [0.15, 0.2) is 0 Å². The zero-order valence-electron chi connectivity index (χ0n) is 20.3. The molecule has 1 aliphatic heterocycles. The average molecular weight is 553 g/mol. The van der Waals surface area contributed by atoms with Crippen molar-refractivity contribution in [3.63, 3.8) is 0 Å². The van der Waals surface area contributed by atoms with Crippen molar-refractivity contribution >= 4 is 53.8 Å². The van der Waals surface area contributed by atoms with Crippen molar-refractivity contribution in [3.05, 3.63) is 70.3 Å². The summed E-state index contributed by atoms with van der Waals surface area (Å²) in [7, 11) is 1.58. The number of amides is 2. The van der Waals surface area contributed by atoms with Crippen molar-refractivity contribution in [3.8, 4) is 5.75 Å². The zero-order valence-corrected chi connectivity index (χ0v) is 22.8. The summed E-state index contributed by atoms with van der Waals surface area (Å²) in [5.41, 5.74) is 1.75. The van der Waals surface area contributed by atoms with E-state index in [1.807, 2.05) is 41.7 Å². The van der Waals surface area contributed by atoms with E-state index in [-0.39, 0.29) is 43.2 Å². The van der Waals surface area contributed by atoms with Crippen LogP contribution in [0.15, 0.2) is 54.2 Å². The third-order valence-electron chi connectivity index (χ3n) is 5.95. The fourth-order valence-corrected chi connectivity index (χ4v) is 4.52. The number of rotatable bonds is 8. The van der Waals surface area contributed by atoms with Gasteiger partial charge in [0, 0.05) is 56.1 Å². The molecule has 1 aliphatic rings. The smallest absolute Gasteiger partial charge is 0.259 e. The van der Waals surface area contributed by atoms with Crippen LogP contribution in [0.4, 0.5) is 5.82 Å². The van der Waals surface area contributed by atoms with E-state index in [9.17, 15) is 9.59 Å². The minimum atomic E-state index is -0.253. The number of ether oxygens (including phenoxy) is 1. The Morgan fingerprint density at radius 1 is 1.03 bits per heavy atom. The second-order valence-electron chi connectivity index (χ2n) is 8.17. The summed E-state index contributed by atoms with van der Waals surface area (Å²) in [5.74, 6) is 0.858. The Morgan fingerprint density at radius 3 is 2.28 bits per heavy atom. The highest BCUT2D eigenvalue weighted by molar-refractivity contribution is 7.09. The maximum atomic E-state index is 13.3. The van der Waals surface area contributed by atoms with Gasteiger partial charge in [-0.3, -0.25) is 24.4 Å². The molecule has 2 aromatic heterocycles. The van der Waals surface area contributed by atoms with Gasteiger partial charge in [-0.2, -0.15) is 0 Å². The molecule has 36 heavy (non-hydrogen) atoms. The van der Waals surface area contributed by atoms with E-state index in [4.69, 9.17) is 4.74 Å². The second kappa shape index (κ2) is 14.1. The molecule has 1 saturated heterocycles.